The molecule has 0 saturated carbocycles. The molecule has 0 saturated heterocycles. The molecule has 2 N–H and O–H groups in total. The van der Waals surface area contributed by atoms with Crippen LogP contribution in [-0.4, -0.2) is 47.0 Å². The molecule has 2 rings (SSSR count). The highest BCUT2D eigenvalue weighted by molar-refractivity contribution is 14.0. The van der Waals surface area contributed by atoms with Crippen molar-refractivity contribution in [1.29, 1.82) is 0 Å². The Morgan fingerprint density at radius 3 is 2.71 bits per heavy atom. The number of nitrogens with one attached hydrogen (secondary N) is 2. The molecule has 0 amide bonds. The molecule has 0 aliphatic carbocycles. The fraction of sp³-hybridized carbons (Fsp3) is 0.526. The van der Waals surface area contributed by atoms with E-state index in [1.165, 1.54) is 5.56 Å². The highest BCUT2D eigenvalue weighted by atomic mass is 127. The summed E-state index contributed by atoms with van der Waals surface area (Å²) >= 11 is 6.05. The van der Waals surface area contributed by atoms with Crippen molar-refractivity contribution < 1.29 is 4.74 Å². The Bertz CT molecular complexity index is 737. The lowest BCUT2D eigenvalue weighted by atomic mass is 10.1. The van der Waals surface area contributed by atoms with Crippen molar-refractivity contribution in [2.75, 3.05) is 26.3 Å². The van der Waals surface area contributed by atoms with Crippen molar-refractivity contribution >= 4 is 41.5 Å². The van der Waals surface area contributed by atoms with Crippen LogP contribution in [0.5, 0.6) is 0 Å². The molecule has 0 unspecified atom stereocenters. The maximum atomic E-state index is 6.05. The molecule has 1 aromatic carbocycles. The van der Waals surface area contributed by atoms with E-state index >= 15 is 0 Å². The molecular weight excluding hydrogens is 491 g/mol. The number of aryl methyl sites for hydroxylation is 1. The lowest BCUT2D eigenvalue weighted by Gasteiger charge is -2.13. The summed E-state index contributed by atoms with van der Waals surface area (Å²) in [7, 11) is 1.95. The zero-order valence-electron chi connectivity index (χ0n) is 16.7. The van der Waals surface area contributed by atoms with Crippen molar-refractivity contribution in [2.24, 2.45) is 12.0 Å². The van der Waals surface area contributed by atoms with Crippen molar-refractivity contribution in [3.05, 3.63) is 46.5 Å². The van der Waals surface area contributed by atoms with Gasteiger partial charge in [-0.25, -0.2) is 4.99 Å². The van der Waals surface area contributed by atoms with E-state index in [0.29, 0.717) is 6.54 Å². The first-order chi connectivity index (χ1) is 13.1. The number of hydrogen-bond acceptors (Lipinski definition) is 4. The highest BCUT2D eigenvalue weighted by Crippen LogP contribution is 2.10. The van der Waals surface area contributed by atoms with Gasteiger partial charge in [-0.15, -0.1) is 34.2 Å². The van der Waals surface area contributed by atoms with Crippen LogP contribution >= 0.6 is 35.6 Å². The lowest BCUT2D eigenvalue weighted by Crippen LogP contribution is -2.39. The van der Waals surface area contributed by atoms with Gasteiger partial charge < -0.3 is 19.9 Å². The molecule has 1 heterocycles. The Labute approximate surface area is 189 Å². The molecule has 0 aliphatic heterocycles. The molecule has 0 atom stereocenters. The molecule has 156 valence electrons. The van der Waals surface area contributed by atoms with Crippen LogP contribution in [0.25, 0.3) is 0 Å². The number of halogens is 2. The molecule has 0 fully saturated rings. The highest BCUT2D eigenvalue weighted by Gasteiger charge is 2.05. The van der Waals surface area contributed by atoms with Crippen LogP contribution < -0.4 is 10.6 Å². The lowest BCUT2D eigenvalue weighted by molar-refractivity contribution is 0.145. The standard InChI is InChI=1S/C19H29ClN6O.HI/c1-4-27-12-6-10-21-19(23-14-18-25-24-15(2)26(18)3)22-11-9-16-7-5-8-17(20)13-16;/h5,7-8,13H,4,6,9-12,14H2,1-3H3,(H2,21,22,23);1H. The van der Waals surface area contributed by atoms with Crippen molar-refractivity contribution in [2.45, 2.75) is 33.2 Å². The van der Waals surface area contributed by atoms with E-state index in [1.54, 1.807) is 0 Å². The molecule has 0 radical (unpaired) electrons. The van der Waals surface area contributed by atoms with Crippen LogP contribution in [0, 0.1) is 6.92 Å². The van der Waals surface area contributed by atoms with E-state index in [2.05, 4.69) is 31.9 Å². The Morgan fingerprint density at radius 2 is 2.04 bits per heavy atom. The van der Waals surface area contributed by atoms with Gasteiger partial charge in [0.2, 0.25) is 0 Å². The number of aromatic nitrogens is 3. The van der Waals surface area contributed by atoms with E-state index in [0.717, 1.165) is 61.8 Å². The molecule has 2 aromatic rings. The number of hydrogen-bond donors (Lipinski definition) is 2. The Kier molecular flexibility index (Phi) is 12.1. The third-order valence-electron chi connectivity index (χ3n) is 4.12. The Hall–Kier alpha value is -1.39. The summed E-state index contributed by atoms with van der Waals surface area (Å²) in [6.07, 6.45) is 1.79. The predicted molar refractivity (Wildman–Crippen MR) is 125 cm³/mol. The topological polar surface area (TPSA) is 76.4 Å². The van der Waals surface area contributed by atoms with Gasteiger partial charge in [-0.05, 0) is 44.4 Å². The minimum Gasteiger partial charge on any atom is -0.382 e. The third-order valence-corrected chi connectivity index (χ3v) is 4.35. The maximum absolute atomic E-state index is 6.05. The molecule has 28 heavy (non-hydrogen) atoms. The molecule has 0 spiro atoms. The first-order valence-corrected chi connectivity index (χ1v) is 9.67. The van der Waals surface area contributed by atoms with Crippen LogP contribution in [0.2, 0.25) is 5.02 Å². The van der Waals surface area contributed by atoms with Crippen molar-refractivity contribution in [3.8, 4) is 0 Å². The van der Waals surface area contributed by atoms with Crippen LogP contribution in [-0.2, 0) is 24.8 Å². The molecule has 7 nitrogen and oxygen atoms in total. The summed E-state index contributed by atoms with van der Waals surface area (Å²) in [5.41, 5.74) is 1.19. The summed E-state index contributed by atoms with van der Waals surface area (Å²) in [4.78, 5) is 4.64. The van der Waals surface area contributed by atoms with Gasteiger partial charge in [-0.3, -0.25) is 0 Å². The average molecular weight is 521 g/mol. The van der Waals surface area contributed by atoms with Crippen LogP contribution in [0.3, 0.4) is 0 Å². The van der Waals surface area contributed by atoms with Gasteiger partial charge >= 0.3 is 0 Å². The number of rotatable bonds is 10. The van der Waals surface area contributed by atoms with E-state index in [4.69, 9.17) is 16.3 Å². The van der Waals surface area contributed by atoms with Crippen LogP contribution in [0.1, 0.15) is 30.6 Å². The summed E-state index contributed by atoms with van der Waals surface area (Å²) in [5.74, 6) is 2.47. The average Bonchev–Trinajstić information content (AvgIpc) is 2.97. The first-order valence-electron chi connectivity index (χ1n) is 9.29. The molecule has 9 heteroatoms. The minimum atomic E-state index is 0. The van der Waals surface area contributed by atoms with E-state index in [9.17, 15) is 0 Å². The van der Waals surface area contributed by atoms with Gasteiger partial charge in [-0.1, -0.05) is 23.7 Å². The normalized spacial score (nSPS) is 11.2. The van der Waals surface area contributed by atoms with Crippen molar-refractivity contribution in [3.63, 3.8) is 0 Å². The van der Waals surface area contributed by atoms with Gasteiger partial charge in [0.15, 0.2) is 11.8 Å². The van der Waals surface area contributed by atoms with Crippen LogP contribution in [0.4, 0.5) is 0 Å². The monoisotopic (exact) mass is 520 g/mol. The fourth-order valence-electron chi connectivity index (χ4n) is 2.46. The Balaban J connectivity index is 0.00000392. The third kappa shape index (κ3) is 8.74. The molecular formula is C19H30ClIN6O. The second-order valence-corrected chi connectivity index (χ2v) is 6.61. The number of guanidine groups is 1. The predicted octanol–water partition coefficient (Wildman–Crippen LogP) is 3.10. The van der Waals surface area contributed by atoms with E-state index in [1.807, 2.05) is 43.7 Å². The van der Waals surface area contributed by atoms with E-state index < -0.39 is 0 Å². The number of benzene rings is 1. The van der Waals surface area contributed by atoms with Crippen LogP contribution in [0.15, 0.2) is 29.3 Å². The number of nitrogens with zero attached hydrogens (tertiary/aromatic N) is 4. The summed E-state index contributed by atoms with van der Waals surface area (Å²) in [5, 5.41) is 15.7. The van der Waals surface area contributed by atoms with E-state index in [-0.39, 0.29) is 24.0 Å². The first kappa shape index (κ1) is 24.6. The minimum absolute atomic E-state index is 0. The molecule has 1 aromatic heterocycles. The summed E-state index contributed by atoms with van der Waals surface area (Å²) in [6, 6.07) is 7.91. The summed E-state index contributed by atoms with van der Waals surface area (Å²) < 4.78 is 7.33. The van der Waals surface area contributed by atoms with Crippen molar-refractivity contribution in [1.82, 2.24) is 25.4 Å². The Morgan fingerprint density at radius 1 is 1.25 bits per heavy atom. The van der Waals surface area contributed by atoms with Gasteiger partial charge in [0, 0.05) is 38.4 Å². The van der Waals surface area contributed by atoms with Gasteiger partial charge in [0.05, 0.1) is 0 Å². The number of aliphatic imine (C=N–C) groups is 1. The SMILES string of the molecule is CCOCCCNC(=NCc1nnc(C)n1C)NCCc1cccc(Cl)c1.I. The second kappa shape index (κ2) is 13.7. The molecule has 0 aliphatic rings. The number of ether oxygens (including phenoxy) is 1. The van der Waals surface area contributed by atoms with Gasteiger partial charge in [-0.2, -0.15) is 0 Å². The summed E-state index contributed by atoms with van der Waals surface area (Å²) in [6.45, 7) is 7.43. The van der Waals surface area contributed by atoms with Gasteiger partial charge in [0.25, 0.3) is 0 Å². The quantitative estimate of drug-likeness (QED) is 0.218. The zero-order chi connectivity index (χ0) is 19.5. The smallest absolute Gasteiger partial charge is 0.191 e. The molecule has 0 bridgehead atoms. The van der Waals surface area contributed by atoms with Gasteiger partial charge in [0.1, 0.15) is 12.4 Å². The largest absolute Gasteiger partial charge is 0.382 e. The maximum Gasteiger partial charge on any atom is 0.191 e. The second-order valence-electron chi connectivity index (χ2n) is 6.17. The fourth-order valence-corrected chi connectivity index (χ4v) is 2.67. The zero-order valence-corrected chi connectivity index (χ0v) is 19.8.